The third kappa shape index (κ3) is 4.01. The van der Waals surface area contributed by atoms with Crippen molar-refractivity contribution in [3.05, 3.63) is 59.2 Å². The summed E-state index contributed by atoms with van der Waals surface area (Å²) in [5, 5.41) is 3.76. The van der Waals surface area contributed by atoms with E-state index in [1.54, 1.807) is 18.6 Å². The second-order valence-electron chi connectivity index (χ2n) is 8.29. The summed E-state index contributed by atoms with van der Waals surface area (Å²) < 4.78 is 34.4. The molecule has 4 aromatic rings. The van der Waals surface area contributed by atoms with Crippen molar-refractivity contribution in [1.29, 1.82) is 0 Å². The predicted octanol–water partition coefficient (Wildman–Crippen LogP) is 4.17. The van der Waals surface area contributed by atoms with Crippen LogP contribution in [0.3, 0.4) is 0 Å². The van der Waals surface area contributed by atoms with Crippen LogP contribution in [0.4, 0.5) is 0 Å². The number of carbonyl (C=O) groups is 1. The van der Waals surface area contributed by atoms with Crippen LogP contribution in [0.15, 0.2) is 48.0 Å². The summed E-state index contributed by atoms with van der Waals surface area (Å²) in [5.74, 6) is 2.53. The van der Waals surface area contributed by atoms with E-state index in [9.17, 15) is 4.79 Å². The Morgan fingerprint density at radius 2 is 2.03 bits per heavy atom. The topological polar surface area (TPSA) is 80.0 Å². The molecule has 0 aliphatic carbocycles. The number of aryl methyl sites for hydroxylation is 2. The third-order valence-corrected chi connectivity index (χ3v) is 6.77. The number of ether oxygens (including phenoxy) is 5. The minimum atomic E-state index is -0.417. The number of aromatic nitrogens is 2. The maximum atomic E-state index is 11.9. The van der Waals surface area contributed by atoms with Crippen LogP contribution in [0.5, 0.6) is 23.0 Å². The molecule has 0 N–H and O–H groups in total. The maximum absolute atomic E-state index is 11.9. The van der Waals surface area contributed by atoms with Crippen LogP contribution in [0, 0.1) is 0 Å². The molecule has 9 heteroatoms. The Morgan fingerprint density at radius 3 is 2.86 bits per heavy atom. The van der Waals surface area contributed by atoms with E-state index in [4.69, 9.17) is 23.7 Å². The lowest BCUT2D eigenvalue weighted by atomic mass is 9.95. The molecule has 0 saturated heterocycles. The first-order valence-corrected chi connectivity index (χ1v) is 12.2. The Bertz CT molecular complexity index is 1420. The summed E-state index contributed by atoms with van der Waals surface area (Å²) >= 11 is 1.22. The number of nitrogens with zero attached hydrogens (tertiary/aromatic N) is 2. The SMILES string of the molecule is COc1ccc2cc3[n+](cc2c1OCCCOC(=O)c1ccsn1)CCc1cc2c(cc1-3)OCO2. The number of hydrogen-bond acceptors (Lipinski definition) is 8. The van der Waals surface area contributed by atoms with E-state index in [0.29, 0.717) is 30.2 Å². The zero-order valence-electron chi connectivity index (χ0n) is 19.1. The highest BCUT2D eigenvalue weighted by Gasteiger charge is 2.28. The second kappa shape index (κ2) is 9.07. The molecular weight excluding hydrogens is 468 g/mol. The van der Waals surface area contributed by atoms with Crippen LogP contribution in [0.1, 0.15) is 22.5 Å². The van der Waals surface area contributed by atoms with Gasteiger partial charge < -0.3 is 23.7 Å². The van der Waals surface area contributed by atoms with Crippen molar-refractivity contribution in [1.82, 2.24) is 4.37 Å². The molecule has 4 heterocycles. The van der Waals surface area contributed by atoms with Crippen LogP contribution in [0.25, 0.3) is 22.0 Å². The molecule has 0 amide bonds. The van der Waals surface area contributed by atoms with Gasteiger partial charge in [-0.2, -0.15) is 8.94 Å². The van der Waals surface area contributed by atoms with Crippen molar-refractivity contribution in [3.63, 3.8) is 0 Å². The number of rotatable bonds is 7. The zero-order chi connectivity index (χ0) is 23.8. The molecule has 0 fully saturated rings. The average Bonchev–Trinajstić information content (AvgIpc) is 3.58. The molecule has 2 aliphatic heterocycles. The number of hydrogen-bond donors (Lipinski definition) is 0. The minimum Gasteiger partial charge on any atom is -0.493 e. The number of carbonyl (C=O) groups excluding carboxylic acids is 1. The Hall–Kier alpha value is -3.85. The van der Waals surface area contributed by atoms with E-state index >= 15 is 0 Å². The van der Waals surface area contributed by atoms with Crippen molar-refractivity contribution >= 4 is 28.3 Å². The van der Waals surface area contributed by atoms with E-state index in [-0.39, 0.29) is 13.4 Å². The molecule has 2 aromatic heterocycles. The predicted molar refractivity (Wildman–Crippen MR) is 128 cm³/mol. The molecule has 8 nitrogen and oxygen atoms in total. The summed E-state index contributed by atoms with van der Waals surface area (Å²) in [6, 6.07) is 11.9. The third-order valence-electron chi connectivity index (χ3n) is 6.21. The van der Waals surface area contributed by atoms with E-state index < -0.39 is 5.97 Å². The van der Waals surface area contributed by atoms with E-state index in [1.165, 1.54) is 17.1 Å². The summed E-state index contributed by atoms with van der Waals surface area (Å²) in [6.07, 6.45) is 3.58. The number of esters is 1. The van der Waals surface area contributed by atoms with Gasteiger partial charge in [-0.1, -0.05) is 0 Å². The van der Waals surface area contributed by atoms with Gasteiger partial charge in [0.2, 0.25) is 12.5 Å². The number of pyridine rings is 1. The highest BCUT2D eigenvalue weighted by atomic mass is 32.1. The van der Waals surface area contributed by atoms with E-state index in [0.717, 1.165) is 46.5 Å². The van der Waals surface area contributed by atoms with Gasteiger partial charge in [0, 0.05) is 24.3 Å². The van der Waals surface area contributed by atoms with Crippen LogP contribution < -0.4 is 23.5 Å². The monoisotopic (exact) mass is 491 g/mol. The largest absolute Gasteiger partial charge is 0.493 e. The van der Waals surface area contributed by atoms with Crippen LogP contribution in [-0.4, -0.2) is 37.5 Å². The van der Waals surface area contributed by atoms with E-state index in [2.05, 4.69) is 33.3 Å². The van der Waals surface area contributed by atoms with Gasteiger partial charge in [-0.15, -0.1) is 0 Å². The average molecular weight is 492 g/mol. The Kier molecular flexibility index (Phi) is 5.61. The molecular formula is C26H23N2O6S+. The van der Waals surface area contributed by atoms with Crippen LogP contribution in [0.2, 0.25) is 0 Å². The summed E-state index contributed by atoms with van der Waals surface area (Å²) in [6.45, 7) is 1.75. The number of fused-ring (bicyclic) bond motifs is 5. The molecule has 2 aromatic carbocycles. The quantitative estimate of drug-likeness (QED) is 0.218. The van der Waals surface area contributed by atoms with Crippen molar-refractivity contribution in [2.75, 3.05) is 27.1 Å². The first kappa shape index (κ1) is 21.7. The Labute approximate surface area is 205 Å². The highest BCUT2D eigenvalue weighted by Crippen LogP contribution is 2.41. The van der Waals surface area contributed by atoms with Crippen molar-refractivity contribution in [2.24, 2.45) is 0 Å². The molecule has 0 spiro atoms. The minimum absolute atomic E-state index is 0.250. The van der Waals surface area contributed by atoms with Crippen LogP contribution >= 0.6 is 11.5 Å². The molecule has 2 aliphatic rings. The zero-order valence-corrected chi connectivity index (χ0v) is 19.9. The Morgan fingerprint density at radius 1 is 1.14 bits per heavy atom. The lowest BCUT2D eigenvalue weighted by Crippen LogP contribution is -2.40. The molecule has 178 valence electrons. The molecule has 0 saturated carbocycles. The van der Waals surface area contributed by atoms with E-state index in [1.807, 2.05) is 12.1 Å². The van der Waals surface area contributed by atoms with Gasteiger partial charge in [0.1, 0.15) is 0 Å². The molecule has 0 radical (unpaired) electrons. The molecule has 0 unspecified atom stereocenters. The summed E-state index contributed by atoms with van der Waals surface area (Å²) in [5.41, 5.74) is 3.87. The smallest absolute Gasteiger partial charge is 0.358 e. The lowest BCUT2D eigenvalue weighted by molar-refractivity contribution is -0.686. The van der Waals surface area contributed by atoms with Crippen molar-refractivity contribution in [2.45, 2.75) is 19.4 Å². The standard InChI is InChI=1S/C26H23N2O6S/c1-30-22-4-3-16-11-21-18-13-24-23(33-15-34-24)12-17(18)5-7-28(21)14-19(16)25(22)31-8-2-9-32-26(29)20-6-10-35-27-20/h3-4,6,10-14H,2,5,7-9,15H2,1H3/q+1. The van der Waals surface area contributed by atoms with Crippen molar-refractivity contribution in [3.8, 4) is 34.3 Å². The Balaban J connectivity index is 1.24. The first-order valence-electron chi connectivity index (χ1n) is 11.4. The second-order valence-corrected chi connectivity index (χ2v) is 8.95. The van der Waals surface area contributed by atoms with Gasteiger partial charge in [-0.05, 0) is 52.8 Å². The molecule has 0 bridgehead atoms. The number of methoxy groups -OCH3 is 1. The number of benzene rings is 2. The maximum Gasteiger partial charge on any atom is 0.358 e. The molecule has 35 heavy (non-hydrogen) atoms. The first-order chi connectivity index (χ1) is 17.2. The normalized spacial score (nSPS) is 13.3. The van der Waals surface area contributed by atoms with Crippen LogP contribution in [-0.2, 0) is 17.7 Å². The van der Waals surface area contributed by atoms with Gasteiger partial charge in [-0.3, -0.25) is 0 Å². The highest BCUT2D eigenvalue weighted by molar-refractivity contribution is 7.03. The lowest BCUT2D eigenvalue weighted by Gasteiger charge is -2.18. The van der Waals surface area contributed by atoms with Gasteiger partial charge in [-0.25, -0.2) is 4.79 Å². The molecule has 6 rings (SSSR count). The van der Waals surface area contributed by atoms with Gasteiger partial charge in [0.25, 0.3) is 0 Å². The van der Waals surface area contributed by atoms with Gasteiger partial charge in [0.05, 0.1) is 31.3 Å². The summed E-state index contributed by atoms with van der Waals surface area (Å²) in [7, 11) is 1.63. The van der Waals surface area contributed by atoms with Gasteiger partial charge in [0.15, 0.2) is 41.4 Å². The fourth-order valence-corrected chi connectivity index (χ4v) is 5.00. The van der Waals surface area contributed by atoms with Gasteiger partial charge >= 0.3 is 5.97 Å². The fraction of sp³-hybridized carbons (Fsp3) is 0.269. The molecule has 0 atom stereocenters. The summed E-state index contributed by atoms with van der Waals surface area (Å²) in [4.78, 5) is 11.9. The fourth-order valence-electron chi connectivity index (χ4n) is 4.50. The van der Waals surface area contributed by atoms with Crippen molar-refractivity contribution < 1.29 is 33.0 Å².